The van der Waals surface area contributed by atoms with Gasteiger partial charge in [0.15, 0.2) is 5.82 Å². The van der Waals surface area contributed by atoms with Gasteiger partial charge in [-0.15, -0.1) is 0 Å². The Bertz CT molecular complexity index is 976. The third-order valence-corrected chi connectivity index (χ3v) is 5.11. The van der Waals surface area contributed by atoms with E-state index in [1.807, 2.05) is 36.4 Å². The number of piperazine rings is 1. The number of nitrogens with one attached hydrogen (secondary N) is 2. The molecular weight excluding hydrogens is 391 g/mol. The number of para-hydroxylation sites is 1. The van der Waals surface area contributed by atoms with Gasteiger partial charge in [0.1, 0.15) is 10.8 Å². The van der Waals surface area contributed by atoms with Crippen LogP contribution in [0.4, 0.5) is 33.2 Å². The number of hydrogen-bond acceptors (Lipinski definition) is 6. The Balaban J connectivity index is 1.49. The predicted molar refractivity (Wildman–Crippen MR) is 116 cm³/mol. The number of anilines is 5. The molecule has 6 nitrogen and oxygen atoms in total. The normalized spacial score (nSPS) is 14.7. The van der Waals surface area contributed by atoms with E-state index in [1.165, 1.54) is 12.3 Å². The molecule has 0 atom stereocenters. The molecule has 0 aliphatic carbocycles. The first kappa shape index (κ1) is 19.4. The van der Waals surface area contributed by atoms with Gasteiger partial charge in [0.2, 0.25) is 5.95 Å². The van der Waals surface area contributed by atoms with Crippen molar-refractivity contribution in [2.45, 2.75) is 0 Å². The first-order valence-corrected chi connectivity index (χ1v) is 9.81. The fourth-order valence-electron chi connectivity index (χ4n) is 3.19. The minimum atomic E-state index is -0.267. The molecule has 3 aromatic rings. The zero-order valence-corrected chi connectivity index (χ0v) is 16.8. The van der Waals surface area contributed by atoms with E-state index in [9.17, 15) is 4.39 Å². The highest BCUT2D eigenvalue weighted by Gasteiger charge is 2.17. The molecule has 2 heterocycles. The summed E-state index contributed by atoms with van der Waals surface area (Å²) < 4.78 is 14.7. The van der Waals surface area contributed by atoms with Crippen LogP contribution in [0.3, 0.4) is 0 Å². The average Bonchev–Trinajstić information content (AvgIpc) is 2.72. The van der Waals surface area contributed by atoms with Crippen LogP contribution in [0.5, 0.6) is 0 Å². The molecule has 1 aliphatic rings. The second kappa shape index (κ2) is 8.63. The Kier molecular flexibility index (Phi) is 5.78. The molecule has 0 radical (unpaired) electrons. The molecule has 0 spiro atoms. The maximum atomic E-state index is 14.7. The number of aromatic nitrogens is 2. The van der Waals surface area contributed by atoms with Gasteiger partial charge >= 0.3 is 0 Å². The number of hydrogen-bond donors (Lipinski definition) is 2. The van der Waals surface area contributed by atoms with E-state index in [-0.39, 0.29) is 5.82 Å². The summed E-state index contributed by atoms with van der Waals surface area (Å²) in [4.78, 5) is 12.9. The van der Waals surface area contributed by atoms with Crippen molar-refractivity contribution in [2.24, 2.45) is 0 Å². The lowest BCUT2D eigenvalue weighted by molar-refractivity contribution is 0.311. The van der Waals surface area contributed by atoms with Crippen LogP contribution in [0.1, 0.15) is 0 Å². The zero-order valence-electron chi connectivity index (χ0n) is 16.1. The minimum absolute atomic E-state index is 0.267. The number of likely N-dealkylation sites (N-methyl/N-ethyl adjacent to an activating group) is 1. The largest absolute Gasteiger partial charge is 0.367 e. The summed E-state index contributed by atoms with van der Waals surface area (Å²) in [7, 11) is 2.08. The minimum Gasteiger partial charge on any atom is -0.367 e. The summed E-state index contributed by atoms with van der Waals surface area (Å²) in [5.41, 5.74) is 2.06. The van der Waals surface area contributed by atoms with Crippen molar-refractivity contribution in [3.8, 4) is 0 Å². The summed E-state index contributed by atoms with van der Waals surface area (Å²) >= 11 is 6.21. The van der Waals surface area contributed by atoms with Crippen LogP contribution < -0.4 is 15.5 Å². The van der Waals surface area contributed by atoms with Crippen molar-refractivity contribution >= 4 is 40.4 Å². The van der Waals surface area contributed by atoms with Crippen molar-refractivity contribution in [1.29, 1.82) is 0 Å². The second-order valence-corrected chi connectivity index (χ2v) is 7.37. The maximum absolute atomic E-state index is 14.7. The van der Waals surface area contributed by atoms with Crippen molar-refractivity contribution in [2.75, 3.05) is 48.8 Å². The van der Waals surface area contributed by atoms with Gasteiger partial charge in [-0.1, -0.05) is 29.8 Å². The van der Waals surface area contributed by atoms with Gasteiger partial charge in [-0.3, -0.25) is 0 Å². The molecule has 1 saturated heterocycles. The summed E-state index contributed by atoms with van der Waals surface area (Å²) in [5, 5.41) is 6.60. The maximum Gasteiger partial charge on any atom is 0.229 e. The van der Waals surface area contributed by atoms with E-state index in [2.05, 4.69) is 37.4 Å². The fraction of sp³-hybridized carbons (Fsp3) is 0.238. The van der Waals surface area contributed by atoms with Crippen LogP contribution in [0.2, 0.25) is 5.02 Å². The van der Waals surface area contributed by atoms with Gasteiger partial charge < -0.3 is 20.4 Å². The number of nitrogens with zero attached hydrogens (tertiary/aromatic N) is 4. The smallest absolute Gasteiger partial charge is 0.229 e. The molecule has 8 heteroatoms. The topological polar surface area (TPSA) is 56.3 Å². The van der Waals surface area contributed by atoms with Crippen molar-refractivity contribution < 1.29 is 4.39 Å². The van der Waals surface area contributed by atoms with E-state index in [4.69, 9.17) is 11.6 Å². The van der Waals surface area contributed by atoms with Crippen LogP contribution in [-0.2, 0) is 0 Å². The average molecular weight is 413 g/mol. The van der Waals surface area contributed by atoms with E-state index in [0.29, 0.717) is 28.2 Å². The van der Waals surface area contributed by atoms with Crippen molar-refractivity contribution in [3.63, 3.8) is 0 Å². The first-order valence-electron chi connectivity index (χ1n) is 9.43. The lowest BCUT2D eigenvalue weighted by Crippen LogP contribution is -2.44. The molecule has 150 valence electrons. The molecule has 0 bridgehead atoms. The molecule has 1 aliphatic heterocycles. The van der Waals surface area contributed by atoms with Gasteiger partial charge in [0.05, 0.1) is 11.9 Å². The van der Waals surface area contributed by atoms with Gasteiger partial charge in [0, 0.05) is 37.6 Å². The first-order chi connectivity index (χ1) is 14.1. The van der Waals surface area contributed by atoms with Crippen LogP contribution in [0.15, 0.2) is 54.7 Å². The molecule has 0 saturated carbocycles. The highest BCUT2D eigenvalue weighted by molar-refractivity contribution is 6.32. The van der Waals surface area contributed by atoms with Crippen molar-refractivity contribution in [3.05, 3.63) is 65.6 Å². The standard InChI is InChI=1S/C21H22ClFN6/c1-28-9-11-29(12-10-28)19-8-7-16(13-18(19)23)26-21-24-14-17(22)20(27-21)25-15-5-3-2-4-6-15/h2-8,13-14H,9-12H2,1H3,(H2,24,25,26,27). The number of halogens is 2. The van der Waals surface area contributed by atoms with Gasteiger partial charge in [-0.05, 0) is 37.4 Å². The van der Waals surface area contributed by atoms with Gasteiger partial charge in [-0.2, -0.15) is 4.98 Å². The van der Waals surface area contributed by atoms with Crippen molar-refractivity contribution in [1.82, 2.24) is 14.9 Å². The Morgan fingerprint density at radius 1 is 0.966 bits per heavy atom. The Morgan fingerprint density at radius 3 is 2.45 bits per heavy atom. The summed E-state index contributed by atoms with van der Waals surface area (Å²) in [6.45, 7) is 3.48. The fourth-order valence-corrected chi connectivity index (χ4v) is 3.33. The Morgan fingerprint density at radius 2 is 1.72 bits per heavy atom. The summed E-state index contributed by atoms with van der Waals surface area (Å²) in [6.07, 6.45) is 1.51. The van der Waals surface area contributed by atoms with E-state index >= 15 is 0 Å². The highest BCUT2D eigenvalue weighted by Crippen LogP contribution is 2.27. The number of rotatable bonds is 5. The summed E-state index contributed by atoms with van der Waals surface area (Å²) in [5.74, 6) is 0.542. The van der Waals surface area contributed by atoms with E-state index < -0.39 is 0 Å². The lowest BCUT2D eigenvalue weighted by atomic mass is 10.2. The molecule has 4 rings (SSSR count). The van der Waals surface area contributed by atoms with Crippen LogP contribution in [0, 0.1) is 5.82 Å². The molecule has 2 aromatic carbocycles. The zero-order chi connectivity index (χ0) is 20.2. The highest BCUT2D eigenvalue weighted by atomic mass is 35.5. The Hall–Kier alpha value is -2.90. The van der Waals surface area contributed by atoms with E-state index in [0.717, 1.165) is 31.9 Å². The van der Waals surface area contributed by atoms with Crippen LogP contribution in [0.25, 0.3) is 0 Å². The monoisotopic (exact) mass is 412 g/mol. The third-order valence-electron chi connectivity index (χ3n) is 4.83. The molecule has 1 fully saturated rings. The number of benzene rings is 2. The predicted octanol–water partition coefficient (Wildman–Crippen LogP) is 4.51. The van der Waals surface area contributed by atoms with Crippen LogP contribution >= 0.6 is 11.6 Å². The second-order valence-electron chi connectivity index (χ2n) is 6.96. The molecule has 2 N–H and O–H groups in total. The SMILES string of the molecule is CN1CCN(c2ccc(Nc3ncc(Cl)c(Nc4ccccc4)n3)cc2F)CC1. The Labute approximate surface area is 174 Å². The molecule has 29 heavy (non-hydrogen) atoms. The quantitative estimate of drug-likeness (QED) is 0.643. The third kappa shape index (κ3) is 4.75. The van der Waals surface area contributed by atoms with E-state index in [1.54, 1.807) is 6.07 Å². The van der Waals surface area contributed by atoms with Crippen LogP contribution in [-0.4, -0.2) is 48.1 Å². The lowest BCUT2D eigenvalue weighted by Gasteiger charge is -2.34. The van der Waals surface area contributed by atoms with Gasteiger partial charge in [0.25, 0.3) is 0 Å². The molecular formula is C21H22ClFN6. The summed E-state index contributed by atoms with van der Waals surface area (Å²) in [6, 6.07) is 14.7. The molecule has 1 aromatic heterocycles. The molecule has 0 amide bonds. The van der Waals surface area contributed by atoms with Gasteiger partial charge in [-0.25, -0.2) is 9.37 Å². The molecule has 0 unspecified atom stereocenters.